The molecular formula is C28H21N5O. The number of nitrogens with zero attached hydrogens (tertiary/aromatic N) is 3. The zero-order valence-corrected chi connectivity index (χ0v) is 18.3. The number of hydrogen-bond donors (Lipinski definition) is 2. The van der Waals surface area contributed by atoms with Crippen LogP contribution in [0.2, 0.25) is 0 Å². The van der Waals surface area contributed by atoms with Gasteiger partial charge in [0.25, 0.3) is 0 Å². The molecule has 34 heavy (non-hydrogen) atoms. The third kappa shape index (κ3) is 3.93. The van der Waals surface area contributed by atoms with Crippen molar-refractivity contribution in [2.75, 3.05) is 0 Å². The fourth-order valence-electron chi connectivity index (χ4n) is 4.06. The van der Waals surface area contributed by atoms with Crippen molar-refractivity contribution in [2.24, 2.45) is 0 Å². The molecule has 0 saturated carbocycles. The Labute approximate surface area is 196 Å². The molecule has 6 rings (SSSR count). The van der Waals surface area contributed by atoms with Gasteiger partial charge >= 0.3 is 0 Å². The molecule has 6 nitrogen and oxygen atoms in total. The van der Waals surface area contributed by atoms with E-state index in [1.165, 1.54) is 0 Å². The molecule has 6 heteroatoms. The van der Waals surface area contributed by atoms with Crippen molar-refractivity contribution in [1.82, 2.24) is 25.1 Å². The van der Waals surface area contributed by atoms with Gasteiger partial charge in [0.05, 0.1) is 23.3 Å². The van der Waals surface area contributed by atoms with E-state index in [1.54, 1.807) is 18.6 Å². The molecule has 0 saturated heterocycles. The highest BCUT2D eigenvalue weighted by molar-refractivity contribution is 5.97. The van der Waals surface area contributed by atoms with Crippen LogP contribution in [0.5, 0.6) is 5.75 Å². The van der Waals surface area contributed by atoms with Crippen LogP contribution in [0.25, 0.3) is 44.7 Å². The minimum absolute atomic E-state index is 0.492. The second kappa shape index (κ2) is 8.67. The van der Waals surface area contributed by atoms with E-state index in [4.69, 9.17) is 4.74 Å². The van der Waals surface area contributed by atoms with E-state index in [2.05, 4.69) is 55.5 Å². The van der Waals surface area contributed by atoms with Gasteiger partial charge < -0.3 is 9.72 Å². The van der Waals surface area contributed by atoms with Crippen LogP contribution in [0.4, 0.5) is 0 Å². The number of H-pyrrole nitrogens is 2. The van der Waals surface area contributed by atoms with Gasteiger partial charge in [-0.1, -0.05) is 48.5 Å². The summed E-state index contributed by atoms with van der Waals surface area (Å²) in [5, 5.41) is 8.82. The second-order valence-corrected chi connectivity index (χ2v) is 8.04. The molecule has 0 amide bonds. The number of aromatic amines is 2. The van der Waals surface area contributed by atoms with Crippen molar-refractivity contribution in [1.29, 1.82) is 0 Å². The maximum Gasteiger partial charge on any atom is 0.138 e. The maximum absolute atomic E-state index is 5.93. The number of ether oxygens (including phenoxy) is 1. The second-order valence-electron chi connectivity index (χ2n) is 8.04. The highest BCUT2D eigenvalue weighted by atomic mass is 16.5. The highest BCUT2D eigenvalue weighted by Crippen LogP contribution is 2.32. The molecule has 2 aromatic carbocycles. The van der Waals surface area contributed by atoms with Gasteiger partial charge in [-0.3, -0.25) is 15.1 Å². The van der Waals surface area contributed by atoms with Gasteiger partial charge in [0.15, 0.2) is 0 Å². The largest absolute Gasteiger partial charge is 0.487 e. The molecule has 0 unspecified atom stereocenters. The van der Waals surface area contributed by atoms with Crippen molar-refractivity contribution >= 4 is 10.9 Å². The predicted molar refractivity (Wildman–Crippen MR) is 133 cm³/mol. The summed E-state index contributed by atoms with van der Waals surface area (Å²) < 4.78 is 5.93. The molecule has 2 N–H and O–H groups in total. The zero-order chi connectivity index (χ0) is 22.7. The first kappa shape index (κ1) is 19.9. The van der Waals surface area contributed by atoms with Crippen LogP contribution in [0.3, 0.4) is 0 Å². The Morgan fingerprint density at radius 3 is 2.53 bits per heavy atom. The first-order valence-electron chi connectivity index (χ1n) is 11.0. The molecule has 4 heterocycles. The summed E-state index contributed by atoms with van der Waals surface area (Å²) in [5.41, 5.74) is 7.96. The number of nitrogens with one attached hydrogen (secondary N) is 2. The van der Waals surface area contributed by atoms with Crippen LogP contribution in [0.15, 0.2) is 104 Å². The summed E-state index contributed by atoms with van der Waals surface area (Å²) in [6.07, 6.45) is 7.18. The standard InChI is InChI=1S/C28H21N5O/c1-2-6-19(7-3-1)18-34-22-12-21(16-30-17-22)26-14-28(33-32-26)27-13-24-23(9-4-10-25(24)31-27)20-8-5-11-29-15-20/h1-17,31H,18H2,(H,32,33). The Balaban J connectivity index is 1.28. The molecule has 6 aromatic rings. The molecule has 0 aliphatic carbocycles. The normalized spacial score (nSPS) is 11.1. The van der Waals surface area contributed by atoms with Crippen LogP contribution in [-0.2, 0) is 6.61 Å². The van der Waals surface area contributed by atoms with E-state index in [-0.39, 0.29) is 0 Å². The lowest BCUT2D eigenvalue weighted by Crippen LogP contribution is -1.95. The lowest BCUT2D eigenvalue weighted by Gasteiger charge is -2.06. The van der Waals surface area contributed by atoms with Crippen molar-refractivity contribution in [3.05, 3.63) is 109 Å². The summed E-state index contributed by atoms with van der Waals surface area (Å²) in [4.78, 5) is 12.1. The van der Waals surface area contributed by atoms with Crippen molar-refractivity contribution in [2.45, 2.75) is 6.61 Å². The zero-order valence-electron chi connectivity index (χ0n) is 18.3. The molecule has 0 aliphatic heterocycles. The SMILES string of the molecule is c1ccc(COc2cncc(-c3cc(-c4cc5c(-c6cccnc6)cccc5[nH]4)[nH]n3)c2)cc1. The van der Waals surface area contributed by atoms with Gasteiger partial charge in [0, 0.05) is 40.6 Å². The maximum atomic E-state index is 5.93. The number of hydrogen-bond acceptors (Lipinski definition) is 4. The van der Waals surface area contributed by atoms with Crippen molar-refractivity contribution in [3.63, 3.8) is 0 Å². The van der Waals surface area contributed by atoms with E-state index >= 15 is 0 Å². The monoisotopic (exact) mass is 443 g/mol. The van der Waals surface area contributed by atoms with Gasteiger partial charge in [0.1, 0.15) is 12.4 Å². The van der Waals surface area contributed by atoms with Gasteiger partial charge in [-0.05, 0) is 41.5 Å². The molecule has 4 aromatic heterocycles. The predicted octanol–water partition coefficient (Wildman–Crippen LogP) is 6.26. The number of rotatable bonds is 6. The summed E-state index contributed by atoms with van der Waals surface area (Å²) in [6.45, 7) is 0.492. The molecule has 0 aliphatic rings. The van der Waals surface area contributed by atoms with E-state index in [1.807, 2.05) is 54.7 Å². The first-order valence-corrected chi connectivity index (χ1v) is 11.0. The number of fused-ring (bicyclic) bond motifs is 1. The highest BCUT2D eigenvalue weighted by Gasteiger charge is 2.12. The average molecular weight is 444 g/mol. The fraction of sp³-hybridized carbons (Fsp3) is 0.0357. The van der Waals surface area contributed by atoms with Crippen molar-refractivity contribution in [3.8, 4) is 39.5 Å². The third-order valence-corrected chi connectivity index (χ3v) is 5.76. The quantitative estimate of drug-likeness (QED) is 0.318. The summed E-state index contributed by atoms with van der Waals surface area (Å²) in [5.74, 6) is 0.706. The third-order valence-electron chi connectivity index (χ3n) is 5.76. The van der Waals surface area contributed by atoms with E-state index in [0.29, 0.717) is 12.4 Å². The summed E-state index contributed by atoms with van der Waals surface area (Å²) >= 11 is 0. The molecule has 0 bridgehead atoms. The number of pyridine rings is 2. The van der Waals surface area contributed by atoms with E-state index in [9.17, 15) is 0 Å². The van der Waals surface area contributed by atoms with Gasteiger partial charge in [0.2, 0.25) is 0 Å². The Morgan fingerprint density at radius 1 is 0.735 bits per heavy atom. The Kier molecular flexibility index (Phi) is 5.09. The Morgan fingerprint density at radius 2 is 1.65 bits per heavy atom. The molecule has 0 radical (unpaired) electrons. The summed E-state index contributed by atoms with van der Waals surface area (Å²) in [6, 6.07) is 26.5. The van der Waals surface area contributed by atoms with Gasteiger partial charge in [-0.25, -0.2) is 0 Å². The lowest BCUT2D eigenvalue weighted by molar-refractivity contribution is 0.305. The smallest absolute Gasteiger partial charge is 0.138 e. The Hall–Kier alpha value is -4.71. The van der Waals surface area contributed by atoms with E-state index in [0.717, 1.165) is 50.2 Å². The van der Waals surface area contributed by atoms with Gasteiger partial charge in [-0.15, -0.1) is 0 Å². The summed E-state index contributed by atoms with van der Waals surface area (Å²) in [7, 11) is 0. The van der Waals surface area contributed by atoms with Crippen LogP contribution in [-0.4, -0.2) is 25.1 Å². The molecule has 164 valence electrons. The molecule has 0 atom stereocenters. The molecule has 0 fully saturated rings. The Bertz CT molecular complexity index is 1550. The van der Waals surface area contributed by atoms with E-state index < -0.39 is 0 Å². The minimum Gasteiger partial charge on any atom is -0.487 e. The van der Waals surface area contributed by atoms with Crippen LogP contribution in [0.1, 0.15) is 5.56 Å². The average Bonchev–Trinajstić information content (AvgIpc) is 3.56. The molecule has 0 spiro atoms. The van der Waals surface area contributed by atoms with Crippen LogP contribution in [0, 0.1) is 0 Å². The lowest BCUT2D eigenvalue weighted by atomic mass is 10.0. The number of benzene rings is 2. The van der Waals surface area contributed by atoms with Crippen LogP contribution < -0.4 is 4.74 Å². The topological polar surface area (TPSA) is 79.5 Å². The number of aromatic nitrogens is 5. The minimum atomic E-state index is 0.492. The van der Waals surface area contributed by atoms with Crippen LogP contribution >= 0.6 is 0 Å². The molecular weight excluding hydrogens is 422 g/mol. The van der Waals surface area contributed by atoms with Crippen molar-refractivity contribution < 1.29 is 4.74 Å². The first-order chi connectivity index (χ1) is 16.8. The fourth-order valence-corrected chi connectivity index (χ4v) is 4.06. The van der Waals surface area contributed by atoms with Gasteiger partial charge in [-0.2, -0.15) is 5.10 Å².